The molecule has 106 valence electrons. The Morgan fingerprint density at radius 3 is 2.50 bits per heavy atom. The van der Waals surface area contributed by atoms with Crippen LogP contribution in [0.1, 0.15) is 23.7 Å². The second kappa shape index (κ2) is 6.09. The smallest absolute Gasteiger partial charge is 0.134 e. The zero-order valence-corrected chi connectivity index (χ0v) is 12.6. The van der Waals surface area contributed by atoms with Crippen molar-refractivity contribution in [3.8, 4) is 5.75 Å². The predicted molar refractivity (Wildman–Crippen MR) is 78.1 cm³/mol. The van der Waals surface area contributed by atoms with Gasteiger partial charge in [0.1, 0.15) is 23.3 Å². The largest absolute Gasteiger partial charge is 0.489 e. The van der Waals surface area contributed by atoms with E-state index in [1.165, 1.54) is 0 Å². The monoisotopic (exact) mass is 292 g/mol. The molecule has 0 unspecified atom stereocenters. The van der Waals surface area contributed by atoms with Gasteiger partial charge in [-0.3, -0.25) is 9.48 Å². The van der Waals surface area contributed by atoms with Gasteiger partial charge in [-0.1, -0.05) is 23.7 Å². The van der Waals surface area contributed by atoms with E-state index in [0.717, 1.165) is 22.6 Å². The van der Waals surface area contributed by atoms with Crippen molar-refractivity contribution in [3.63, 3.8) is 0 Å². The molecule has 20 heavy (non-hydrogen) atoms. The fraction of sp³-hybridized carbons (Fsp3) is 0.333. The minimum absolute atomic E-state index is 0.149. The topological polar surface area (TPSA) is 44.1 Å². The first kappa shape index (κ1) is 14.6. The standard InChI is InChI=1S/C15H17ClN2O2/c1-10(19)8-12-4-6-13(7-5-12)20-9-14-11(2)17-18(3)15(14)16/h4-7H,8-9H2,1-3H3. The molecule has 0 aliphatic heterocycles. The summed E-state index contributed by atoms with van der Waals surface area (Å²) >= 11 is 6.15. The number of halogens is 1. The van der Waals surface area contributed by atoms with Crippen molar-refractivity contribution in [2.75, 3.05) is 0 Å². The number of aromatic nitrogens is 2. The van der Waals surface area contributed by atoms with Crippen LogP contribution in [0.5, 0.6) is 5.75 Å². The minimum Gasteiger partial charge on any atom is -0.489 e. The highest BCUT2D eigenvalue weighted by atomic mass is 35.5. The quantitative estimate of drug-likeness (QED) is 0.850. The Hall–Kier alpha value is -1.81. The first-order chi connectivity index (χ1) is 9.47. The fourth-order valence-electron chi connectivity index (χ4n) is 1.98. The number of hydrogen-bond acceptors (Lipinski definition) is 3. The third-order valence-corrected chi connectivity index (χ3v) is 3.50. The van der Waals surface area contributed by atoms with Crippen LogP contribution in [-0.4, -0.2) is 15.6 Å². The summed E-state index contributed by atoms with van der Waals surface area (Å²) in [6.07, 6.45) is 0.452. The summed E-state index contributed by atoms with van der Waals surface area (Å²) in [6, 6.07) is 7.51. The molecule has 2 rings (SSSR count). The summed E-state index contributed by atoms with van der Waals surface area (Å²) in [5.74, 6) is 0.896. The van der Waals surface area contributed by atoms with Crippen LogP contribution in [0.25, 0.3) is 0 Å². The Labute approximate surface area is 123 Å². The van der Waals surface area contributed by atoms with Crippen molar-refractivity contribution in [1.82, 2.24) is 9.78 Å². The van der Waals surface area contributed by atoms with Gasteiger partial charge in [0.05, 0.1) is 5.69 Å². The van der Waals surface area contributed by atoms with Crippen molar-refractivity contribution >= 4 is 17.4 Å². The lowest BCUT2D eigenvalue weighted by Crippen LogP contribution is -1.99. The molecule has 4 nitrogen and oxygen atoms in total. The first-order valence-corrected chi connectivity index (χ1v) is 6.74. The van der Waals surface area contributed by atoms with Crippen molar-refractivity contribution < 1.29 is 9.53 Å². The van der Waals surface area contributed by atoms with E-state index in [1.54, 1.807) is 18.7 Å². The molecular formula is C15H17ClN2O2. The number of nitrogens with zero attached hydrogens (tertiary/aromatic N) is 2. The normalized spacial score (nSPS) is 10.6. The van der Waals surface area contributed by atoms with E-state index in [9.17, 15) is 4.79 Å². The van der Waals surface area contributed by atoms with Crippen LogP contribution < -0.4 is 4.74 Å². The van der Waals surface area contributed by atoms with Gasteiger partial charge in [0.25, 0.3) is 0 Å². The van der Waals surface area contributed by atoms with Gasteiger partial charge < -0.3 is 4.74 Å². The molecule has 0 spiro atoms. The summed E-state index contributed by atoms with van der Waals surface area (Å²) in [4.78, 5) is 11.0. The van der Waals surface area contributed by atoms with Crippen LogP contribution in [0.3, 0.4) is 0 Å². The average molecular weight is 293 g/mol. The Bertz CT molecular complexity index is 618. The SMILES string of the molecule is CC(=O)Cc1ccc(OCc2c(C)nn(C)c2Cl)cc1. The van der Waals surface area contributed by atoms with E-state index in [1.807, 2.05) is 31.2 Å². The minimum atomic E-state index is 0.149. The number of ether oxygens (including phenoxy) is 1. The molecule has 0 fully saturated rings. The van der Waals surface area contributed by atoms with Gasteiger partial charge in [-0.05, 0) is 31.5 Å². The van der Waals surface area contributed by atoms with Crippen molar-refractivity contribution in [2.45, 2.75) is 26.9 Å². The second-order valence-corrected chi connectivity index (χ2v) is 5.15. The third-order valence-electron chi connectivity index (χ3n) is 3.03. The summed E-state index contributed by atoms with van der Waals surface area (Å²) in [5.41, 5.74) is 2.74. The van der Waals surface area contributed by atoms with Crippen molar-refractivity contribution in [1.29, 1.82) is 0 Å². The van der Waals surface area contributed by atoms with Crippen LogP contribution in [-0.2, 0) is 24.9 Å². The number of Topliss-reactive ketones (excluding diaryl/α,β-unsaturated/α-hetero) is 1. The van der Waals surface area contributed by atoms with E-state index < -0.39 is 0 Å². The van der Waals surface area contributed by atoms with E-state index in [4.69, 9.17) is 16.3 Å². The Morgan fingerprint density at radius 1 is 1.35 bits per heavy atom. The van der Waals surface area contributed by atoms with Gasteiger partial charge in [-0.15, -0.1) is 0 Å². The molecule has 0 aliphatic rings. The van der Waals surface area contributed by atoms with Gasteiger partial charge in [-0.25, -0.2) is 0 Å². The molecule has 1 aromatic heterocycles. The lowest BCUT2D eigenvalue weighted by molar-refractivity contribution is -0.116. The van der Waals surface area contributed by atoms with Crippen LogP contribution >= 0.6 is 11.6 Å². The molecule has 1 heterocycles. The summed E-state index contributed by atoms with van der Waals surface area (Å²) < 4.78 is 7.33. The molecule has 2 aromatic rings. The highest BCUT2D eigenvalue weighted by Crippen LogP contribution is 2.21. The molecule has 0 saturated heterocycles. The van der Waals surface area contributed by atoms with Gasteiger partial charge in [0, 0.05) is 19.0 Å². The molecule has 0 atom stereocenters. The number of rotatable bonds is 5. The molecule has 0 radical (unpaired) electrons. The van der Waals surface area contributed by atoms with E-state index in [0.29, 0.717) is 18.2 Å². The number of carbonyl (C=O) groups excluding carboxylic acids is 1. The lowest BCUT2D eigenvalue weighted by Gasteiger charge is -2.07. The molecular weight excluding hydrogens is 276 g/mol. The van der Waals surface area contributed by atoms with Gasteiger partial charge in [0.2, 0.25) is 0 Å². The van der Waals surface area contributed by atoms with Gasteiger partial charge >= 0.3 is 0 Å². The molecule has 0 saturated carbocycles. The highest BCUT2D eigenvalue weighted by Gasteiger charge is 2.11. The van der Waals surface area contributed by atoms with Crippen molar-refractivity contribution in [3.05, 3.63) is 46.2 Å². The zero-order valence-electron chi connectivity index (χ0n) is 11.8. The summed E-state index contributed by atoms with van der Waals surface area (Å²) in [6.45, 7) is 3.86. The Balaban J connectivity index is 2.02. The molecule has 0 N–H and O–H groups in total. The first-order valence-electron chi connectivity index (χ1n) is 6.36. The highest BCUT2D eigenvalue weighted by molar-refractivity contribution is 6.30. The number of ketones is 1. The van der Waals surface area contributed by atoms with E-state index >= 15 is 0 Å². The lowest BCUT2D eigenvalue weighted by atomic mass is 10.1. The molecule has 5 heteroatoms. The average Bonchev–Trinajstić information content (AvgIpc) is 2.62. The van der Waals surface area contributed by atoms with Crippen LogP contribution in [0.4, 0.5) is 0 Å². The fourth-order valence-corrected chi connectivity index (χ4v) is 2.21. The number of aryl methyl sites for hydroxylation is 2. The van der Waals surface area contributed by atoms with Gasteiger partial charge in [0.15, 0.2) is 0 Å². The molecule has 0 bridgehead atoms. The Kier molecular flexibility index (Phi) is 4.45. The number of carbonyl (C=O) groups is 1. The Morgan fingerprint density at radius 2 is 2.00 bits per heavy atom. The molecule has 0 amide bonds. The maximum atomic E-state index is 11.0. The van der Waals surface area contributed by atoms with Crippen LogP contribution in [0.2, 0.25) is 5.15 Å². The van der Waals surface area contributed by atoms with Gasteiger partial charge in [-0.2, -0.15) is 5.10 Å². The van der Waals surface area contributed by atoms with Crippen LogP contribution in [0, 0.1) is 6.92 Å². The maximum absolute atomic E-state index is 11.0. The molecule has 0 aliphatic carbocycles. The van der Waals surface area contributed by atoms with E-state index in [-0.39, 0.29) is 5.78 Å². The summed E-state index contributed by atoms with van der Waals surface area (Å²) in [7, 11) is 1.80. The molecule has 1 aromatic carbocycles. The number of benzene rings is 1. The van der Waals surface area contributed by atoms with E-state index in [2.05, 4.69) is 5.10 Å². The predicted octanol–water partition coefficient (Wildman–Crippen LogP) is 3.09. The van der Waals surface area contributed by atoms with Crippen LogP contribution in [0.15, 0.2) is 24.3 Å². The number of hydrogen-bond donors (Lipinski definition) is 0. The van der Waals surface area contributed by atoms with Crippen molar-refractivity contribution in [2.24, 2.45) is 7.05 Å². The maximum Gasteiger partial charge on any atom is 0.134 e. The third kappa shape index (κ3) is 3.39. The zero-order chi connectivity index (χ0) is 14.7. The second-order valence-electron chi connectivity index (χ2n) is 4.79. The summed E-state index contributed by atoms with van der Waals surface area (Å²) in [5, 5.41) is 4.83.